The topological polar surface area (TPSA) is 227 Å². The van der Waals surface area contributed by atoms with Crippen LogP contribution >= 0.6 is 0 Å². The van der Waals surface area contributed by atoms with E-state index < -0.39 is 71.6 Å². The largest absolute Gasteiger partial charge is 0.461 e. The summed E-state index contributed by atoms with van der Waals surface area (Å²) in [4.78, 5) is 90.8. The standard InChI is InChI=1S/C22H35N5O6.C10H13N3O2.C7H6F2/c1-12-8-16-22(32)33-13(2)9-18(28)26-7-5-6-15(26)21(31)25(4)17(10-23)19(29)24-14(3)20(30)27(16)11-12;1-7-2-4-8(5-3-7)13-10(15)12-6-9(11)14;1-5-2-6(8)4-7(9)3-5/h12-17H,5-11,23H2,1-4H3,(H,24,29);2-5H,6H2,1H3,(H2,11,14)(H2,12,13,15);2-4H,1H3. The Labute approximate surface area is 331 Å². The smallest absolute Gasteiger partial charge is 0.329 e. The van der Waals surface area contributed by atoms with Crippen molar-refractivity contribution in [3.63, 3.8) is 0 Å². The second-order valence-electron chi connectivity index (χ2n) is 14.6. The number of cyclic esters (lactones) is 1. The van der Waals surface area contributed by atoms with Gasteiger partial charge in [-0.25, -0.2) is 18.4 Å². The van der Waals surface area contributed by atoms with Gasteiger partial charge in [0, 0.05) is 38.4 Å². The van der Waals surface area contributed by atoms with Crippen LogP contribution in [-0.2, 0) is 33.5 Å². The molecule has 16 nitrogen and oxygen atoms in total. The lowest BCUT2D eigenvalue weighted by atomic mass is 10.1. The third kappa shape index (κ3) is 13.5. The summed E-state index contributed by atoms with van der Waals surface area (Å²) >= 11 is 0. The van der Waals surface area contributed by atoms with Crippen LogP contribution in [-0.4, -0.2) is 120 Å². The Balaban J connectivity index is 0.000000295. The van der Waals surface area contributed by atoms with Gasteiger partial charge in [0.15, 0.2) is 0 Å². The summed E-state index contributed by atoms with van der Waals surface area (Å²) in [6.45, 7) is 9.19. The number of hydrogen-bond acceptors (Lipinski definition) is 9. The minimum atomic E-state index is -0.990. The van der Waals surface area contributed by atoms with Crippen molar-refractivity contribution in [3.05, 3.63) is 65.2 Å². The molecule has 0 saturated carbocycles. The molecular formula is C39H54F2N8O8. The zero-order chi connectivity index (χ0) is 42.6. The fraction of sp³-hybridized carbons (Fsp3) is 0.513. The van der Waals surface area contributed by atoms with Gasteiger partial charge in [-0.1, -0.05) is 24.6 Å². The number of benzene rings is 2. The first-order valence-electron chi connectivity index (χ1n) is 18.7. The number of primary amides is 1. The molecule has 18 heteroatoms. The Morgan fingerprint density at radius 1 is 0.912 bits per heavy atom. The molecule has 3 aliphatic heterocycles. The first-order chi connectivity index (χ1) is 26.8. The fourth-order valence-corrected chi connectivity index (χ4v) is 6.64. The second kappa shape index (κ2) is 21.0. The van der Waals surface area contributed by atoms with Crippen LogP contribution in [0.4, 0.5) is 19.3 Å². The molecule has 3 fully saturated rings. The number of fused-ring (bicyclic) bond motifs is 2. The van der Waals surface area contributed by atoms with Crippen molar-refractivity contribution in [2.75, 3.05) is 38.5 Å². The first kappa shape index (κ1) is 45.7. The van der Waals surface area contributed by atoms with Gasteiger partial charge in [0.1, 0.15) is 41.9 Å². The molecule has 7 N–H and O–H groups in total. The van der Waals surface area contributed by atoms with Crippen LogP contribution in [0.15, 0.2) is 42.5 Å². The Kier molecular flexibility index (Phi) is 16.9. The molecule has 2 aromatic rings. The number of nitrogens with zero attached hydrogens (tertiary/aromatic N) is 3. The summed E-state index contributed by atoms with van der Waals surface area (Å²) in [6.07, 6.45) is 0.819. The molecule has 3 heterocycles. The number of hydrogen-bond donors (Lipinski definition) is 5. The molecule has 0 spiro atoms. The SMILES string of the molecule is CC1CC2C(=O)OC(C)CC(=O)N3CCCC3C(=O)N(C)C(CN)C(=O)NC(C)C(=O)N2C1.Cc1cc(F)cc(F)c1.Cc1ccc(NC(=O)NCC(N)=O)cc1. The van der Waals surface area contributed by atoms with E-state index in [0.29, 0.717) is 43.6 Å². The summed E-state index contributed by atoms with van der Waals surface area (Å²) in [5, 5.41) is 7.53. The lowest BCUT2D eigenvalue weighted by Crippen LogP contribution is -2.59. The summed E-state index contributed by atoms with van der Waals surface area (Å²) in [5.41, 5.74) is 13.1. The number of halogens is 2. The average molecular weight is 801 g/mol. The number of amides is 7. The molecule has 312 valence electrons. The minimum Gasteiger partial charge on any atom is -0.461 e. The monoisotopic (exact) mass is 800 g/mol. The van der Waals surface area contributed by atoms with E-state index in [2.05, 4.69) is 16.0 Å². The average Bonchev–Trinajstić information content (AvgIpc) is 3.78. The molecule has 3 aliphatic rings. The van der Waals surface area contributed by atoms with Crippen molar-refractivity contribution < 1.29 is 47.1 Å². The van der Waals surface area contributed by atoms with Gasteiger partial charge in [0.05, 0.1) is 13.0 Å². The Morgan fingerprint density at radius 2 is 1.54 bits per heavy atom. The van der Waals surface area contributed by atoms with Gasteiger partial charge in [0.25, 0.3) is 0 Å². The number of esters is 1. The van der Waals surface area contributed by atoms with Crippen molar-refractivity contribution in [2.45, 2.75) is 90.6 Å². The van der Waals surface area contributed by atoms with Crippen molar-refractivity contribution in [2.24, 2.45) is 17.4 Å². The number of ether oxygens (including phenoxy) is 1. The van der Waals surface area contributed by atoms with Gasteiger partial charge < -0.3 is 46.9 Å². The summed E-state index contributed by atoms with van der Waals surface area (Å²) in [5.74, 6) is -3.73. The molecule has 0 aromatic heterocycles. The lowest BCUT2D eigenvalue weighted by molar-refractivity contribution is -0.160. The Hall–Kier alpha value is -5.65. The third-order valence-corrected chi connectivity index (χ3v) is 9.51. The van der Waals surface area contributed by atoms with Crippen molar-refractivity contribution >= 4 is 47.2 Å². The maximum atomic E-state index is 13.2. The summed E-state index contributed by atoms with van der Waals surface area (Å²) in [7, 11) is 1.48. The van der Waals surface area contributed by atoms with Gasteiger partial charge >= 0.3 is 12.0 Å². The number of urea groups is 1. The molecule has 6 unspecified atom stereocenters. The summed E-state index contributed by atoms with van der Waals surface area (Å²) in [6, 6.07) is 6.90. The third-order valence-electron chi connectivity index (χ3n) is 9.51. The fourth-order valence-electron chi connectivity index (χ4n) is 6.64. The van der Waals surface area contributed by atoms with E-state index in [1.807, 2.05) is 26.0 Å². The number of rotatable bonds is 4. The van der Waals surface area contributed by atoms with E-state index in [1.165, 1.54) is 33.9 Å². The van der Waals surface area contributed by atoms with E-state index >= 15 is 0 Å². The summed E-state index contributed by atoms with van der Waals surface area (Å²) < 4.78 is 29.9. The first-order valence-corrected chi connectivity index (χ1v) is 18.7. The predicted octanol–water partition coefficient (Wildman–Crippen LogP) is 1.72. The lowest BCUT2D eigenvalue weighted by Gasteiger charge is -2.34. The zero-order valence-corrected chi connectivity index (χ0v) is 33.2. The number of anilines is 1. The predicted molar refractivity (Wildman–Crippen MR) is 206 cm³/mol. The molecule has 3 saturated heterocycles. The van der Waals surface area contributed by atoms with Gasteiger partial charge in [-0.2, -0.15) is 0 Å². The van der Waals surface area contributed by atoms with Crippen molar-refractivity contribution in [3.8, 4) is 0 Å². The highest BCUT2D eigenvalue weighted by molar-refractivity contribution is 5.96. The van der Waals surface area contributed by atoms with E-state index in [0.717, 1.165) is 11.6 Å². The molecule has 5 rings (SSSR count). The molecule has 2 aromatic carbocycles. The maximum Gasteiger partial charge on any atom is 0.329 e. The van der Waals surface area contributed by atoms with E-state index in [4.69, 9.17) is 16.2 Å². The number of carbonyl (C=O) groups excluding carboxylic acids is 7. The van der Waals surface area contributed by atoms with E-state index in [1.54, 1.807) is 32.9 Å². The zero-order valence-electron chi connectivity index (χ0n) is 33.2. The number of aryl methyl sites for hydroxylation is 2. The minimum absolute atomic E-state index is 0.0628. The van der Waals surface area contributed by atoms with Gasteiger partial charge in [-0.3, -0.25) is 24.0 Å². The Morgan fingerprint density at radius 3 is 2.12 bits per heavy atom. The van der Waals surface area contributed by atoms with E-state index in [-0.39, 0.29) is 37.2 Å². The highest BCUT2D eigenvalue weighted by Gasteiger charge is 2.43. The highest BCUT2D eigenvalue weighted by atomic mass is 19.1. The normalized spacial score (nSPS) is 24.2. The van der Waals surface area contributed by atoms with Crippen LogP contribution in [0.2, 0.25) is 0 Å². The molecule has 0 bridgehead atoms. The van der Waals surface area contributed by atoms with Gasteiger partial charge in [-0.15, -0.1) is 0 Å². The van der Waals surface area contributed by atoms with Gasteiger partial charge in [0.2, 0.25) is 29.5 Å². The number of nitrogens with two attached hydrogens (primary N) is 2. The molecule has 57 heavy (non-hydrogen) atoms. The van der Waals surface area contributed by atoms with Crippen LogP contribution in [0.25, 0.3) is 0 Å². The molecule has 6 atom stereocenters. The van der Waals surface area contributed by atoms with Crippen LogP contribution in [0.5, 0.6) is 0 Å². The van der Waals surface area contributed by atoms with Crippen molar-refractivity contribution in [1.82, 2.24) is 25.3 Å². The van der Waals surface area contributed by atoms with Crippen molar-refractivity contribution in [1.29, 1.82) is 0 Å². The van der Waals surface area contributed by atoms with Crippen LogP contribution in [0.3, 0.4) is 0 Å². The van der Waals surface area contributed by atoms with Crippen LogP contribution < -0.4 is 27.4 Å². The number of nitrogens with one attached hydrogen (secondary N) is 3. The molecule has 7 amide bonds. The van der Waals surface area contributed by atoms with Crippen LogP contribution in [0.1, 0.15) is 57.6 Å². The highest BCUT2D eigenvalue weighted by Crippen LogP contribution is 2.27. The number of carbonyl (C=O) groups is 7. The quantitative estimate of drug-likeness (QED) is 0.284. The van der Waals surface area contributed by atoms with Crippen LogP contribution in [0, 0.1) is 31.4 Å². The molecule has 0 aliphatic carbocycles. The Bertz CT molecular complexity index is 1730. The van der Waals surface area contributed by atoms with E-state index in [9.17, 15) is 42.3 Å². The maximum absolute atomic E-state index is 13.2. The number of likely N-dealkylation sites (N-methyl/N-ethyl adjacent to an activating group) is 1. The van der Waals surface area contributed by atoms with Gasteiger partial charge in [-0.05, 0) is 82.7 Å². The molecular weight excluding hydrogens is 746 g/mol. The molecule has 0 radical (unpaired) electrons. The second-order valence-corrected chi connectivity index (χ2v) is 14.6.